The average molecular weight is 448 g/mol. The van der Waals surface area contributed by atoms with Gasteiger partial charge in [0.2, 0.25) is 23.6 Å². The van der Waals surface area contributed by atoms with E-state index < -0.39 is 23.4 Å². The zero-order chi connectivity index (χ0) is 24.1. The molecule has 5 N–H and O–H groups in total. The van der Waals surface area contributed by atoms with Crippen molar-refractivity contribution in [1.82, 2.24) is 26.6 Å². The van der Waals surface area contributed by atoms with Crippen molar-refractivity contribution in [3.05, 3.63) is 35.9 Å². The lowest BCUT2D eigenvalue weighted by Crippen LogP contribution is -2.53. The number of rotatable bonds is 12. The Balaban J connectivity index is 2.65. The number of hydrogen-bond acceptors (Lipinski definition) is 5. The molecule has 1 aromatic rings. The standard InChI is InChI=1S/C23H37N5O4/c1-6-16(2)24-13-19(29)25-14-20(30)27-18(12-17-10-8-7-9-11-17)22(32)26-15-21(31)28-23(3,4)5/h7-11,16,18,24H,6,12-15H2,1-5H3,(H,25,29)(H,26,32)(H,27,30)(H,28,31)/t16?,18-/m0/s1. The molecule has 0 aliphatic carbocycles. The van der Waals surface area contributed by atoms with E-state index in [9.17, 15) is 19.2 Å². The summed E-state index contributed by atoms with van der Waals surface area (Å²) in [4.78, 5) is 49.0. The Morgan fingerprint density at radius 3 is 2.09 bits per heavy atom. The SMILES string of the molecule is CCC(C)NCC(=O)NCC(=O)N[C@@H](Cc1ccccc1)C(=O)NCC(=O)NC(C)(C)C. The second-order valence-electron chi connectivity index (χ2n) is 8.79. The van der Waals surface area contributed by atoms with E-state index in [2.05, 4.69) is 26.6 Å². The second-order valence-corrected chi connectivity index (χ2v) is 8.79. The van der Waals surface area contributed by atoms with Gasteiger partial charge in [-0.15, -0.1) is 0 Å². The fourth-order valence-corrected chi connectivity index (χ4v) is 2.71. The Morgan fingerprint density at radius 1 is 0.875 bits per heavy atom. The lowest BCUT2D eigenvalue weighted by Gasteiger charge is -2.22. The van der Waals surface area contributed by atoms with Crippen molar-refractivity contribution in [3.63, 3.8) is 0 Å². The van der Waals surface area contributed by atoms with Gasteiger partial charge in [0.25, 0.3) is 0 Å². The number of nitrogens with one attached hydrogen (secondary N) is 5. The van der Waals surface area contributed by atoms with Crippen LogP contribution in [0.3, 0.4) is 0 Å². The molecule has 9 heteroatoms. The minimum atomic E-state index is -0.887. The van der Waals surface area contributed by atoms with Gasteiger partial charge in [-0.05, 0) is 39.7 Å². The highest BCUT2D eigenvalue weighted by Gasteiger charge is 2.23. The molecule has 0 radical (unpaired) electrons. The van der Waals surface area contributed by atoms with E-state index in [-0.39, 0.29) is 43.9 Å². The van der Waals surface area contributed by atoms with Crippen LogP contribution in [0.2, 0.25) is 0 Å². The second kappa shape index (κ2) is 13.5. The summed E-state index contributed by atoms with van der Waals surface area (Å²) in [6, 6.07) is 8.55. The van der Waals surface area contributed by atoms with Crippen molar-refractivity contribution >= 4 is 23.6 Å². The fourth-order valence-electron chi connectivity index (χ4n) is 2.71. The summed E-state index contributed by atoms with van der Waals surface area (Å²) >= 11 is 0. The van der Waals surface area contributed by atoms with Gasteiger partial charge in [0, 0.05) is 18.0 Å². The van der Waals surface area contributed by atoms with Crippen molar-refractivity contribution in [2.45, 2.75) is 65.1 Å². The van der Waals surface area contributed by atoms with E-state index in [0.29, 0.717) is 0 Å². The monoisotopic (exact) mass is 447 g/mol. The van der Waals surface area contributed by atoms with Gasteiger partial charge in [-0.3, -0.25) is 19.2 Å². The first-order valence-corrected chi connectivity index (χ1v) is 10.9. The highest BCUT2D eigenvalue weighted by molar-refractivity contribution is 5.92. The van der Waals surface area contributed by atoms with Crippen molar-refractivity contribution in [1.29, 1.82) is 0 Å². The van der Waals surface area contributed by atoms with E-state index in [1.54, 1.807) is 0 Å². The van der Waals surface area contributed by atoms with Crippen LogP contribution in [0, 0.1) is 0 Å². The average Bonchev–Trinajstić information content (AvgIpc) is 2.73. The molecule has 1 rings (SSSR count). The van der Waals surface area contributed by atoms with Crippen LogP contribution in [0.25, 0.3) is 0 Å². The highest BCUT2D eigenvalue weighted by Crippen LogP contribution is 2.04. The predicted molar refractivity (Wildman–Crippen MR) is 124 cm³/mol. The molecule has 0 aromatic heterocycles. The summed E-state index contributed by atoms with van der Waals surface area (Å²) in [5, 5.41) is 13.6. The Hall–Kier alpha value is -2.94. The van der Waals surface area contributed by atoms with Gasteiger partial charge in [-0.25, -0.2) is 0 Å². The van der Waals surface area contributed by atoms with Gasteiger partial charge in [-0.1, -0.05) is 37.3 Å². The topological polar surface area (TPSA) is 128 Å². The third-order valence-corrected chi connectivity index (χ3v) is 4.54. The van der Waals surface area contributed by atoms with Gasteiger partial charge in [0.1, 0.15) is 6.04 Å². The first kappa shape index (κ1) is 27.1. The maximum atomic E-state index is 12.7. The summed E-state index contributed by atoms with van der Waals surface area (Å²) in [6.07, 6.45) is 1.14. The molecule has 4 amide bonds. The number of carbonyl (C=O) groups is 4. The Labute approximate surface area is 190 Å². The van der Waals surface area contributed by atoms with E-state index in [1.165, 1.54) is 0 Å². The molecule has 2 atom stereocenters. The first-order chi connectivity index (χ1) is 15.0. The minimum Gasteiger partial charge on any atom is -0.350 e. The summed E-state index contributed by atoms with van der Waals surface area (Å²) in [6.45, 7) is 9.17. The van der Waals surface area contributed by atoms with Crippen molar-refractivity contribution in [3.8, 4) is 0 Å². The zero-order valence-electron chi connectivity index (χ0n) is 19.7. The molecule has 0 saturated heterocycles. The molecule has 0 heterocycles. The third-order valence-electron chi connectivity index (χ3n) is 4.54. The quantitative estimate of drug-likeness (QED) is 0.314. The van der Waals surface area contributed by atoms with Gasteiger partial charge in [0.15, 0.2) is 0 Å². The number of carbonyl (C=O) groups excluding carboxylic acids is 4. The molecule has 32 heavy (non-hydrogen) atoms. The lowest BCUT2D eigenvalue weighted by atomic mass is 10.1. The molecule has 0 aliphatic rings. The van der Waals surface area contributed by atoms with Gasteiger partial charge in [0.05, 0.1) is 19.6 Å². The van der Waals surface area contributed by atoms with Crippen LogP contribution in [0.15, 0.2) is 30.3 Å². The first-order valence-electron chi connectivity index (χ1n) is 10.9. The normalized spacial score (nSPS) is 12.9. The molecule has 1 unspecified atom stereocenters. The lowest BCUT2D eigenvalue weighted by molar-refractivity contribution is -0.131. The maximum Gasteiger partial charge on any atom is 0.243 e. The Bertz CT molecular complexity index is 761. The molecule has 1 aromatic carbocycles. The van der Waals surface area contributed by atoms with Crippen LogP contribution < -0.4 is 26.6 Å². The van der Waals surface area contributed by atoms with Gasteiger partial charge >= 0.3 is 0 Å². The molecule has 9 nitrogen and oxygen atoms in total. The number of amides is 4. The molecule has 0 saturated carbocycles. The van der Waals surface area contributed by atoms with Crippen molar-refractivity contribution in [2.24, 2.45) is 0 Å². The summed E-state index contributed by atoms with van der Waals surface area (Å²) < 4.78 is 0. The summed E-state index contributed by atoms with van der Waals surface area (Å²) in [5.74, 6) is -1.59. The number of hydrogen-bond donors (Lipinski definition) is 5. The molecule has 0 bridgehead atoms. The number of benzene rings is 1. The molecule has 0 aliphatic heterocycles. The van der Waals surface area contributed by atoms with Crippen molar-refractivity contribution in [2.75, 3.05) is 19.6 Å². The van der Waals surface area contributed by atoms with Gasteiger partial charge < -0.3 is 26.6 Å². The predicted octanol–water partition coefficient (Wildman–Crippen LogP) is 0.249. The summed E-state index contributed by atoms with van der Waals surface area (Å²) in [5.41, 5.74) is 0.440. The summed E-state index contributed by atoms with van der Waals surface area (Å²) in [7, 11) is 0. The van der Waals surface area contributed by atoms with Crippen LogP contribution >= 0.6 is 0 Å². The molecule has 178 valence electrons. The van der Waals surface area contributed by atoms with Gasteiger partial charge in [-0.2, -0.15) is 0 Å². The van der Waals surface area contributed by atoms with Crippen LogP contribution in [0.4, 0.5) is 0 Å². The molecular weight excluding hydrogens is 410 g/mol. The van der Waals surface area contributed by atoms with E-state index in [4.69, 9.17) is 0 Å². The van der Waals surface area contributed by atoms with Crippen LogP contribution in [-0.2, 0) is 25.6 Å². The van der Waals surface area contributed by atoms with Crippen LogP contribution in [-0.4, -0.2) is 60.9 Å². The van der Waals surface area contributed by atoms with Crippen molar-refractivity contribution < 1.29 is 19.2 Å². The zero-order valence-corrected chi connectivity index (χ0v) is 19.7. The largest absolute Gasteiger partial charge is 0.350 e. The smallest absolute Gasteiger partial charge is 0.243 e. The minimum absolute atomic E-state index is 0.110. The highest BCUT2D eigenvalue weighted by atomic mass is 16.2. The Morgan fingerprint density at radius 2 is 1.50 bits per heavy atom. The third kappa shape index (κ3) is 12.0. The molecule has 0 fully saturated rings. The Kier molecular flexibility index (Phi) is 11.4. The fraction of sp³-hybridized carbons (Fsp3) is 0.565. The van der Waals surface area contributed by atoms with E-state index in [0.717, 1.165) is 12.0 Å². The van der Waals surface area contributed by atoms with Crippen LogP contribution in [0.1, 0.15) is 46.6 Å². The van der Waals surface area contributed by atoms with Crippen LogP contribution in [0.5, 0.6) is 0 Å². The van der Waals surface area contributed by atoms with E-state index >= 15 is 0 Å². The molecule has 0 spiro atoms. The van der Waals surface area contributed by atoms with E-state index in [1.807, 2.05) is 65.0 Å². The molecular formula is C23H37N5O4. The maximum absolute atomic E-state index is 12.7.